The molecular formula is C15H18BrNO3. The molecule has 1 saturated heterocycles. The van der Waals surface area contributed by atoms with Gasteiger partial charge in [0.15, 0.2) is 0 Å². The molecule has 1 aromatic rings. The molecule has 5 heteroatoms. The number of nitrogens with zero attached hydrogens (tertiary/aromatic N) is 1. The lowest BCUT2D eigenvalue weighted by atomic mass is 9.88. The number of hydrogen-bond acceptors (Lipinski definition) is 2. The maximum absolute atomic E-state index is 12.4. The largest absolute Gasteiger partial charge is 0.480 e. The van der Waals surface area contributed by atoms with Gasteiger partial charge in [-0.05, 0) is 43.9 Å². The standard InChI is InChI=1S/C15H18BrNO3/c1-15(14(19)20)7-2-3-8-17(15)13(18)10-11-5-4-6-12(16)9-11/h4-6,9H,2-3,7-8,10H2,1H3,(H,19,20). The SMILES string of the molecule is CC1(C(=O)O)CCCCN1C(=O)Cc1cccc(Br)c1. The average Bonchev–Trinajstić information content (AvgIpc) is 2.39. The molecule has 0 bridgehead atoms. The zero-order chi connectivity index (χ0) is 14.8. The van der Waals surface area contributed by atoms with Crippen molar-refractivity contribution in [2.75, 3.05) is 6.54 Å². The zero-order valence-corrected chi connectivity index (χ0v) is 13.0. The summed E-state index contributed by atoms with van der Waals surface area (Å²) in [5.74, 6) is -1.03. The predicted molar refractivity (Wildman–Crippen MR) is 79.5 cm³/mol. The molecule has 0 saturated carbocycles. The Morgan fingerprint density at radius 3 is 2.80 bits per heavy atom. The molecule has 0 radical (unpaired) electrons. The van der Waals surface area contributed by atoms with Crippen LogP contribution in [0.15, 0.2) is 28.7 Å². The van der Waals surface area contributed by atoms with Gasteiger partial charge in [0.25, 0.3) is 0 Å². The van der Waals surface area contributed by atoms with E-state index in [9.17, 15) is 14.7 Å². The van der Waals surface area contributed by atoms with Gasteiger partial charge in [-0.15, -0.1) is 0 Å². The van der Waals surface area contributed by atoms with Crippen LogP contribution in [0.1, 0.15) is 31.7 Å². The lowest BCUT2D eigenvalue weighted by molar-refractivity contribution is -0.160. The highest BCUT2D eigenvalue weighted by Gasteiger charge is 2.43. The van der Waals surface area contributed by atoms with Crippen molar-refractivity contribution in [1.29, 1.82) is 0 Å². The number of hydrogen-bond donors (Lipinski definition) is 1. The maximum Gasteiger partial charge on any atom is 0.329 e. The number of carbonyl (C=O) groups excluding carboxylic acids is 1. The Labute approximate surface area is 126 Å². The Bertz CT molecular complexity index is 532. The van der Waals surface area contributed by atoms with Crippen LogP contribution >= 0.6 is 15.9 Å². The fourth-order valence-electron chi connectivity index (χ4n) is 2.66. The van der Waals surface area contributed by atoms with Crippen molar-refractivity contribution in [2.45, 2.75) is 38.1 Å². The van der Waals surface area contributed by atoms with Crippen molar-refractivity contribution in [2.24, 2.45) is 0 Å². The summed E-state index contributed by atoms with van der Waals surface area (Å²) in [5.41, 5.74) is -0.177. The van der Waals surface area contributed by atoms with Crippen molar-refractivity contribution >= 4 is 27.8 Å². The van der Waals surface area contributed by atoms with Crippen LogP contribution in [-0.2, 0) is 16.0 Å². The van der Waals surface area contributed by atoms with E-state index in [1.807, 2.05) is 24.3 Å². The number of benzene rings is 1. The molecular weight excluding hydrogens is 322 g/mol. The van der Waals surface area contributed by atoms with Crippen LogP contribution in [0.25, 0.3) is 0 Å². The average molecular weight is 340 g/mol. The highest BCUT2D eigenvalue weighted by atomic mass is 79.9. The molecule has 1 aliphatic rings. The molecule has 1 heterocycles. The van der Waals surface area contributed by atoms with Crippen molar-refractivity contribution in [3.8, 4) is 0 Å². The second-order valence-electron chi connectivity index (χ2n) is 5.39. The van der Waals surface area contributed by atoms with E-state index in [-0.39, 0.29) is 12.3 Å². The number of aliphatic carboxylic acids is 1. The minimum atomic E-state index is -1.07. The first kappa shape index (κ1) is 15.0. The molecule has 20 heavy (non-hydrogen) atoms. The van der Waals surface area contributed by atoms with E-state index < -0.39 is 11.5 Å². The van der Waals surface area contributed by atoms with Crippen LogP contribution in [0.3, 0.4) is 0 Å². The van der Waals surface area contributed by atoms with Crippen LogP contribution in [0.4, 0.5) is 0 Å². The molecule has 4 nitrogen and oxygen atoms in total. The second-order valence-corrected chi connectivity index (χ2v) is 6.30. The third kappa shape index (κ3) is 3.03. The molecule has 1 atom stereocenters. The zero-order valence-electron chi connectivity index (χ0n) is 11.4. The Hall–Kier alpha value is -1.36. The van der Waals surface area contributed by atoms with Gasteiger partial charge in [0.1, 0.15) is 5.54 Å². The number of likely N-dealkylation sites (tertiary alicyclic amines) is 1. The Morgan fingerprint density at radius 1 is 1.40 bits per heavy atom. The van der Waals surface area contributed by atoms with E-state index >= 15 is 0 Å². The van der Waals surface area contributed by atoms with E-state index in [1.165, 1.54) is 4.90 Å². The number of piperidine rings is 1. The summed E-state index contributed by atoms with van der Waals surface area (Å²) in [4.78, 5) is 25.5. The minimum Gasteiger partial charge on any atom is -0.480 e. The molecule has 0 aromatic heterocycles. The highest BCUT2D eigenvalue weighted by Crippen LogP contribution is 2.29. The van der Waals surface area contributed by atoms with Gasteiger partial charge in [-0.25, -0.2) is 4.79 Å². The lowest BCUT2D eigenvalue weighted by Crippen LogP contribution is -2.57. The molecule has 1 aromatic carbocycles. The molecule has 1 amide bonds. The quantitative estimate of drug-likeness (QED) is 0.921. The number of carboxylic acid groups (broad SMARTS) is 1. The van der Waals surface area contributed by atoms with Gasteiger partial charge in [0.2, 0.25) is 5.91 Å². The summed E-state index contributed by atoms with van der Waals surface area (Å²) >= 11 is 3.37. The van der Waals surface area contributed by atoms with E-state index in [0.29, 0.717) is 13.0 Å². The van der Waals surface area contributed by atoms with Crippen molar-refractivity contribution < 1.29 is 14.7 Å². The number of carbonyl (C=O) groups is 2. The molecule has 1 fully saturated rings. The lowest BCUT2D eigenvalue weighted by Gasteiger charge is -2.41. The summed E-state index contributed by atoms with van der Waals surface area (Å²) in [5, 5.41) is 9.43. The number of rotatable bonds is 3. The third-order valence-electron chi connectivity index (χ3n) is 3.90. The Kier molecular flexibility index (Phi) is 4.48. The smallest absolute Gasteiger partial charge is 0.329 e. The van der Waals surface area contributed by atoms with E-state index in [4.69, 9.17) is 0 Å². The molecule has 0 aliphatic carbocycles. The molecule has 0 spiro atoms. The van der Waals surface area contributed by atoms with Crippen LogP contribution in [-0.4, -0.2) is 34.0 Å². The van der Waals surface area contributed by atoms with Gasteiger partial charge in [0.05, 0.1) is 6.42 Å². The Morgan fingerprint density at radius 2 is 2.15 bits per heavy atom. The van der Waals surface area contributed by atoms with E-state index in [0.717, 1.165) is 22.9 Å². The Balaban J connectivity index is 2.16. The molecule has 108 valence electrons. The molecule has 1 unspecified atom stereocenters. The first-order valence-corrected chi connectivity index (χ1v) is 7.51. The normalized spacial score (nSPS) is 22.6. The molecule has 1 N–H and O–H groups in total. The topological polar surface area (TPSA) is 57.6 Å². The monoisotopic (exact) mass is 339 g/mol. The van der Waals surface area contributed by atoms with Gasteiger partial charge in [-0.1, -0.05) is 28.1 Å². The van der Waals surface area contributed by atoms with Gasteiger partial charge in [0, 0.05) is 11.0 Å². The van der Waals surface area contributed by atoms with E-state index in [1.54, 1.807) is 6.92 Å². The first-order valence-electron chi connectivity index (χ1n) is 6.72. The van der Waals surface area contributed by atoms with E-state index in [2.05, 4.69) is 15.9 Å². The number of amides is 1. The molecule has 2 rings (SSSR count). The third-order valence-corrected chi connectivity index (χ3v) is 4.39. The molecule has 1 aliphatic heterocycles. The number of carboxylic acids is 1. The van der Waals surface area contributed by atoms with Gasteiger partial charge in [-0.2, -0.15) is 0 Å². The predicted octanol–water partition coefficient (Wildman–Crippen LogP) is 2.85. The van der Waals surface area contributed by atoms with Crippen molar-refractivity contribution in [1.82, 2.24) is 4.90 Å². The second kappa shape index (κ2) is 5.95. The maximum atomic E-state index is 12.4. The fraction of sp³-hybridized carbons (Fsp3) is 0.467. The van der Waals surface area contributed by atoms with Gasteiger partial charge in [-0.3, -0.25) is 4.79 Å². The summed E-state index contributed by atoms with van der Waals surface area (Å²) in [6.07, 6.45) is 2.48. The highest BCUT2D eigenvalue weighted by molar-refractivity contribution is 9.10. The van der Waals surface area contributed by atoms with Gasteiger partial charge < -0.3 is 10.0 Å². The first-order chi connectivity index (χ1) is 9.43. The van der Waals surface area contributed by atoms with Crippen molar-refractivity contribution in [3.63, 3.8) is 0 Å². The van der Waals surface area contributed by atoms with Crippen LogP contribution < -0.4 is 0 Å². The minimum absolute atomic E-state index is 0.118. The fourth-order valence-corrected chi connectivity index (χ4v) is 3.11. The summed E-state index contributed by atoms with van der Waals surface area (Å²) in [6, 6.07) is 7.54. The van der Waals surface area contributed by atoms with Crippen LogP contribution in [0, 0.1) is 0 Å². The van der Waals surface area contributed by atoms with Gasteiger partial charge >= 0.3 is 5.97 Å². The van der Waals surface area contributed by atoms with Crippen LogP contribution in [0.5, 0.6) is 0 Å². The summed E-state index contributed by atoms with van der Waals surface area (Å²) in [7, 11) is 0. The van der Waals surface area contributed by atoms with Crippen molar-refractivity contribution in [3.05, 3.63) is 34.3 Å². The summed E-state index contributed by atoms with van der Waals surface area (Å²) < 4.78 is 0.919. The summed E-state index contributed by atoms with van der Waals surface area (Å²) in [6.45, 7) is 2.17. The van der Waals surface area contributed by atoms with Crippen LogP contribution in [0.2, 0.25) is 0 Å². The number of halogens is 1.